The van der Waals surface area contributed by atoms with Gasteiger partial charge in [0.1, 0.15) is 6.04 Å². The Hall–Kier alpha value is -0.660. The van der Waals surface area contributed by atoms with Crippen LogP contribution in [0.4, 0.5) is 0 Å². The highest BCUT2D eigenvalue weighted by molar-refractivity contribution is 7.89. The van der Waals surface area contributed by atoms with Crippen molar-refractivity contribution in [3.8, 4) is 0 Å². The van der Waals surface area contributed by atoms with Crippen molar-refractivity contribution < 1.29 is 13.2 Å². The van der Waals surface area contributed by atoms with Gasteiger partial charge >= 0.3 is 0 Å². The van der Waals surface area contributed by atoms with Gasteiger partial charge in [-0.2, -0.15) is 4.31 Å². The summed E-state index contributed by atoms with van der Waals surface area (Å²) in [6.45, 7) is 1.45. The highest BCUT2D eigenvalue weighted by atomic mass is 32.2. The number of carbonyl (C=O) groups excluding carboxylic acids is 1. The molecule has 2 fully saturated rings. The minimum atomic E-state index is -3.33. The van der Waals surface area contributed by atoms with Gasteiger partial charge in [0.2, 0.25) is 15.9 Å². The van der Waals surface area contributed by atoms with Crippen molar-refractivity contribution in [2.45, 2.75) is 50.6 Å². The van der Waals surface area contributed by atoms with E-state index in [0.29, 0.717) is 25.4 Å². The standard InChI is InChI=1S/C13H25N3O3S/c1-14-13(17)12-6-4-9-16(12)20(18,19)10-7-11-5-2-3-8-15-11/h11-12,15H,2-10H2,1H3,(H,14,17). The number of sulfonamides is 1. The first-order valence-electron chi connectivity index (χ1n) is 7.49. The Labute approximate surface area is 121 Å². The molecule has 2 N–H and O–H groups in total. The largest absolute Gasteiger partial charge is 0.358 e. The molecule has 0 aromatic carbocycles. The van der Waals surface area contributed by atoms with Gasteiger partial charge in [0.25, 0.3) is 0 Å². The van der Waals surface area contributed by atoms with E-state index < -0.39 is 16.1 Å². The lowest BCUT2D eigenvalue weighted by Crippen LogP contribution is -2.46. The average molecular weight is 303 g/mol. The summed E-state index contributed by atoms with van der Waals surface area (Å²) in [6, 6.07) is -0.205. The van der Waals surface area contributed by atoms with Crippen LogP contribution in [-0.2, 0) is 14.8 Å². The quantitative estimate of drug-likeness (QED) is 0.753. The average Bonchev–Trinajstić information content (AvgIpc) is 2.96. The van der Waals surface area contributed by atoms with Gasteiger partial charge in [-0.3, -0.25) is 4.79 Å². The molecule has 7 heteroatoms. The summed E-state index contributed by atoms with van der Waals surface area (Å²) >= 11 is 0. The van der Waals surface area contributed by atoms with E-state index in [-0.39, 0.29) is 11.7 Å². The molecule has 2 atom stereocenters. The maximum absolute atomic E-state index is 12.4. The van der Waals surface area contributed by atoms with Gasteiger partial charge in [-0.1, -0.05) is 6.42 Å². The summed E-state index contributed by atoms with van der Waals surface area (Å²) in [5.74, 6) is -0.0557. The van der Waals surface area contributed by atoms with E-state index in [1.54, 1.807) is 7.05 Å². The Morgan fingerprint density at radius 3 is 2.75 bits per heavy atom. The Morgan fingerprint density at radius 2 is 2.10 bits per heavy atom. The number of rotatable bonds is 5. The zero-order chi connectivity index (χ0) is 14.6. The van der Waals surface area contributed by atoms with Crippen molar-refractivity contribution in [3.63, 3.8) is 0 Å². The molecule has 2 rings (SSSR count). The third-order valence-corrected chi connectivity index (χ3v) is 6.15. The molecule has 2 unspecified atom stereocenters. The first-order valence-corrected chi connectivity index (χ1v) is 9.10. The molecule has 20 heavy (non-hydrogen) atoms. The van der Waals surface area contributed by atoms with Crippen LogP contribution in [-0.4, -0.2) is 56.6 Å². The summed E-state index contributed by atoms with van der Waals surface area (Å²) in [4.78, 5) is 11.7. The molecule has 2 aliphatic heterocycles. The molecule has 0 radical (unpaired) electrons. The van der Waals surface area contributed by atoms with Gasteiger partial charge in [-0.15, -0.1) is 0 Å². The summed E-state index contributed by atoms with van der Waals surface area (Å²) < 4.78 is 26.2. The van der Waals surface area contributed by atoms with Crippen LogP contribution in [0.5, 0.6) is 0 Å². The zero-order valence-corrected chi connectivity index (χ0v) is 12.9. The molecule has 116 valence electrons. The second-order valence-electron chi connectivity index (χ2n) is 5.63. The first kappa shape index (κ1) is 15.7. The Balaban J connectivity index is 1.93. The summed E-state index contributed by atoms with van der Waals surface area (Å²) in [6.07, 6.45) is 5.42. The maximum atomic E-state index is 12.4. The highest BCUT2D eigenvalue weighted by Gasteiger charge is 2.38. The zero-order valence-electron chi connectivity index (χ0n) is 12.1. The van der Waals surface area contributed by atoms with Gasteiger partial charge in [-0.05, 0) is 38.6 Å². The minimum Gasteiger partial charge on any atom is -0.358 e. The fourth-order valence-corrected chi connectivity index (χ4v) is 4.89. The van der Waals surface area contributed by atoms with Gasteiger partial charge in [0.05, 0.1) is 5.75 Å². The molecule has 0 aromatic heterocycles. The molecule has 2 saturated heterocycles. The van der Waals surface area contributed by atoms with Gasteiger partial charge in [0, 0.05) is 19.6 Å². The fraction of sp³-hybridized carbons (Fsp3) is 0.923. The van der Waals surface area contributed by atoms with Crippen LogP contribution in [0, 0.1) is 0 Å². The molecule has 6 nitrogen and oxygen atoms in total. The fourth-order valence-electron chi connectivity index (χ4n) is 3.08. The van der Waals surface area contributed by atoms with E-state index in [4.69, 9.17) is 0 Å². The molecule has 0 aromatic rings. The molecule has 0 aliphatic carbocycles. The first-order chi connectivity index (χ1) is 9.54. The maximum Gasteiger partial charge on any atom is 0.238 e. The van der Waals surface area contributed by atoms with Gasteiger partial charge in [0.15, 0.2) is 0 Å². The number of piperidine rings is 1. The topological polar surface area (TPSA) is 78.5 Å². The van der Waals surface area contributed by atoms with Crippen LogP contribution in [0.1, 0.15) is 38.5 Å². The second kappa shape index (κ2) is 6.87. The van der Waals surface area contributed by atoms with E-state index in [2.05, 4.69) is 10.6 Å². The minimum absolute atomic E-state index is 0.137. The molecule has 2 heterocycles. The van der Waals surface area contributed by atoms with Crippen molar-refractivity contribution >= 4 is 15.9 Å². The summed E-state index contributed by atoms with van der Waals surface area (Å²) in [5, 5.41) is 5.92. The molecular weight excluding hydrogens is 278 g/mol. The predicted molar refractivity (Wildman–Crippen MR) is 77.8 cm³/mol. The third kappa shape index (κ3) is 3.71. The Kier molecular flexibility index (Phi) is 5.40. The van der Waals surface area contributed by atoms with Crippen molar-refractivity contribution in [1.29, 1.82) is 0 Å². The monoisotopic (exact) mass is 303 g/mol. The van der Waals surface area contributed by atoms with Crippen LogP contribution < -0.4 is 10.6 Å². The number of nitrogens with one attached hydrogen (secondary N) is 2. The number of hydrogen-bond acceptors (Lipinski definition) is 4. The lowest BCUT2D eigenvalue weighted by molar-refractivity contribution is -0.123. The lowest BCUT2D eigenvalue weighted by atomic mass is 10.0. The van der Waals surface area contributed by atoms with Crippen molar-refractivity contribution in [2.75, 3.05) is 25.9 Å². The van der Waals surface area contributed by atoms with Crippen LogP contribution in [0.3, 0.4) is 0 Å². The van der Waals surface area contributed by atoms with E-state index >= 15 is 0 Å². The van der Waals surface area contributed by atoms with Gasteiger partial charge < -0.3 is 10.6 Å². The van der Waals surface area contributed by atoms with Crippen LogP contribution in [0.15, 0.2) is 0 Å². The van der Waals surface area contributed by atoms with Crippen LogP contribution >= 0.6 is 0 Å². The normalized spacial score (nSPS) is 28.4. The van der Waals surface area contributed by atoms with Crippen molar-refractivity contribution in [2.24, 2.45) is 0 Å². The predicted octanol–water partition coefficient (Wildman–Crippen LogP) is 0.0588. The van der Waals surface area contributed by atoms with E-state index in [1.807, 2.05) is 0 Å². The molecule has 1 amide bonds. The number of amides is 1. The second-order valence-corrected chi connectivity index (χ2v) is 7.68. The van der Waals surface area contributed by atoms with Crippen molar-refractivity contribution in [3.05, 3.63) is 0 Å². The van der Waals surface area contributed by atoms with Crippen LogP contribution in [0.25, 0.3) is 0 Å². The Bertz CT molecular complexity index is 432. The lowest BCUT2D eigenvalue weighted by Gasteiger charge is -2.26. The number of nitrogens with zero attached hydrogens (tertiary/aromatic N) is 1. The van der Waals surface area contributed by atoms with E-state index in [9.17, 15) is 13.2 Å². The molecular formula is C13H25N3O3S. The number of hydrogen-bond donors (Lipinski definition) is 2. The third-order valence-electron chi connectivity index (χ3n) is 4.25. The van der Waals surface area contributed by atoms with Gasteiger partial charge in [-0.25, -0.2) is 8.42 Å². The molecule has 0 bridgehead atoms. The van der Waals surface area contributed by atoms with E-state index in [1.165, 1.54) is 17.1 Å². The summed E-state index contributed by atoms with van der Waals surface area (Å²) in [7, 11) is -1.78. The van der Waals surface area contributed by atoms with Crippen LogP contribution in [0.2, 0.25) is 0 Å². The van der Waals surface area contributed by atoms with Crippen molar-refractivity contribution in [1.82, 2.24) is 14.9 Å². The number of likely N-dealkylation sites (N-methyl/N-ethyl adjacent to an activating group) is 1. The SMILES string of the molecule is CNC(=O)C1CCCN1S(=O)(=O)CCC1CCCCN1. The smallest absolute Gasteiger partial charge is 0.238 e. The molecule has 0 saturated carbocycles. The molecule has 2 aliphatic rings. The highest BCUT2D eigenvalue weighted by Crippen LogP contribution is 2.22. The Morgan fingerprint density at radius 1 is 1.30 bits per heavy atom. The number of carbonyl (C=O) groups is 1. The molecule has 0 spiro atoms. The summed E-state index contributed by atoms with van der Waals surface area (Å²) in [5.41, 5.74) is 0. The van der Waals surface area contributed by atoms with E-state index in [0.717, 1.165) is 19.4 Å².